The number of aryl methyl sites for hydroxylation is 2. The first-order chi connectivity index (χ1) is 15.5. The lowest BCUT2D eigenvalue weighted by Gasteiger charge is -2.16. The number of amides is 1. The Kier molecular flexibility index (Phi) is 6.21. The fourth-order valence-corrected chi connectivity index (χ4v) is 4.15. The van der Waals surface area contributed by atoms with Gasteiger partial charge < -0.3 is 19.2 Å². The molecule has 1 aromatic heterocycles. The molecule has 168 valence electrons. The van der Waals surface area contributed by atoms with Crippen LogP contribution >= 0.6 is 0 Å². The summed E-state index contributed by atoms with van der Waals surface area (Å²) in [5.41, 5.74) is 3.21. The predicted molar refractivity (Wildman–Crippen MR) is 124 cm³/mol. The van der Waals surface area contributed by atoms with Crippen LogP contribution in [-0.4, -0.2) is 19.6 Å². The standard InChI is InChI=1S/C26H29NO5/c1-5-6-7-8-13-31-19-12-10-17(14-20(19)30-4)22-21-23(28)18-11-9-15(2)16(3)24(18)32-25(21)26(29)27-22/h9-12,14,22H,5-8,13H2,1-4H3,(H,27,29). The Balaban J connectivity index is 1.69. The first-order valence-electron chi connectivity index (χ1n) is 11.1. The highest BCUT2D eigenvalue weighted by atomic mass is 16.5. The lowest BCUT2D eigenvalue weighted by molar-refractivity contribution is 0.0938. The minimum absolute atomic E-state index is 0.0800. The SMILES string of the molecule is CCCCCCOc1ccc(C2NC(=O)c3oc4c(C)c(C)ccc4c(=O)c32)cc1OC. The van der Waals surface area contributed by atoms with Gasteiger partial charge in [0, 0.05) is 0 Å². The number of fused-ring (bicyclic) bond motifs is 2. The van der Waals surface area contributed by atoms with E-state index in [1.807, 2.05) is 38.1 Å². The summed E-state index contributed by atoms with van der Waals surface area (Å²) < 4.78 is 17.4. The van der Waals surface area contributed by atoms with Crippen LogP contribution in [0.2, 0.25) is 0 Å². The van der Waals surface area contributed by atoms with E-state index in [1.165, 1.54) is 12.8 Å². The molecule has 4 rings (SSSR count). The van der Waals surface area contributed by atoms with Crippen LogP contribution in [0.15, 0.2) is 39.5 Å². The molecule has 6 heteroatoms. The third-order valence-electron chi connectivity index (χ3n) is 6.16. The molecule has 1 atom stereocenters. The molecule has 32 heavy (non-hydrogen) atoms. The van der Waals surface area contributed by atoms with Gasteiger partial charge in [0.1, 0.15) is 5.58 Å². The topological polar surface area (TPSA) is 77.8 Å². The zero-order chi connectivity index (χ0) is 22.8. The zero-order valence-corrected chi connectivity index (χ0v) is 19.0. The smallest absolute Gasteiger partial charge is 0.288 e. The van der Waals surface area contributed by atoms with Crippen LogP contribution < -0.4 is 20.2 Å². The molecular weight excluding hydrogens is 406 g/mol. The minimum Gasteiger partial charge on any atom is -0.493 e. The number of hydrogen-bond donors (Lipinski definition) is 1. The number of unbranched alkanes of at least 4 members (excludes halogenated alkanes) is 3. The van der Waals surface area contributed by atoms with Gasteiger partial charge in [-0.05, 0) is 55.2 Å². The van der Waals surface area contributed by atoms with Crippen LogP contribution in [0.1, 0.15) is 71.5 Å². The second-order valence-electron chi connectivity index (χ2n) is 8.28. The van der Waals surface area contributed by atoms with Gasteiger partial charge >= 0.3 is 0 Å². The van der Waals surface area contributed by atoms with Crippen LogP contribution in [-0.2, 0) is 0 Å². The van der Waals surface area contributed by atoms with Crippen molar-refractivity contribution >= 4 is 16.9 Å². The van der Waals surface area contributed by atoms with Crippen LogP contribution in [0.3, 0.4) is 0 Å². The van der Waals surface area contributed by atoms with Crippen LogP contribution in [0, 0.1) is 13.8 Å². The lowest BCUT2D eigenvalue weighted by atomic mass is 9.97. The number of methoxy groups -OCH3 is 1. The monoisotopic (exact) mass is 435 g/mol. The number of carbonyl (C=O) groups excluding carboxylic acids is 1. The summed E-state index contributed by atoms with van der Waals surface area (Å²) in [6.07, 6.45) is 4.48. The number of rotatable bonds is 8. The average Bonchev–Trinajstić information content (AvgIpc) is 3.13. The van der Waals surface area contributed by atoms with Crippen molar-refractivity contribution in [1.82, 2.24) is 5.32 Å². The van der Waals surface area contributed by atoms with E-state index in [0.29, 0.717) is 34.6 Å². The quantitative estimate of drug-likeness (QED) is 0.492. The van der Waals surface area contributed by atoms with Crippen molar-refractivity contribution in [3.05, 3.63) is 68.6 Å². The number of benzene rings is 2. The molecule has 1 N–H and O–H groups in total. The summed E-state index contributed by atoms with van der Waals surface area (Å²) in [6, 6.07) is 8.55. The lowest BCUT2D eigenvalue weighted by Crippen LogP contribution is -2.22. The van der Waals surface area contributed by atoms with E-state index in [2.05, 4.69) is 12.2 Å². The van der Waals surface area contributed by atoms with Gasteiger partial charge in [-0.3, -0.25) is 9.59 Å². The Bertz CT molecular complexity index is 1230. The summed E-state index contributed by atoms with van der Waals surface area (Å²) in [6.45, 7) is 6.63. The fraction of sp³-hybridized carbons (Fsp3) is 0.385. The van der Waals surface area contributed by atoms with Crippen molar-refractivity contribution in [2.24, 2.45) is 0 Å². The molecule has 0 bridgehead atoms. The van der Waals surface area contributed by atoms with Gasteiger partial charge in [0.15, 0.2) is 16.9 Å². The summed E-state index contributed by atoms with van der Waals surface area (Å²) in [5, 5.41) is 3.37. The Morgan fingerprint density at radius 2 is 1.84 bits per heavy atom. The molecule has 1 aliphatic rings. The van der Waals surface area contributed by atoms with Gasteiger partial charge in [0.2, 0.25) is 5.76 Å². The molecule has 1 unspecified atom stereocenters. The maximum Gasteiger partial charge on any atom is 0.288 e. The predicted octanol–water partition coefficient (Wildman–Crippen LogP) is 5.21. The van der Waals surface area contributed by atoms with Gasteiger partial charge in [-0.15, -0.1) is 0 Å². The van der Waals surface area contributed by atoms with Gasteiger partial charge in [-0.25, -0.2) is 0 Å². The second-order valence-corrected chi connectivity index (χ2v) is 8.28. The Morgan fingerprint density at radius 1 is 1.03 bits per heavy atom. The minimum atomic E-state index is -0.604. The highest BCUT2D eigenvalue weighted by Gasteiger charge is 2.36. The molecule has 3 aromatic rings. The Hall–Kier alpha value is -3.28. The van der Waals surface area contributed by atoms with Crippen molar-refractivity contribution in [2.45, 2.75) is 52.5 Å². The molecule has 2 aromatic carbocycles. The largest absolute Gasteiger partial charge is 0.493 e. The van der Waals surface area contributed by atoms with Gasteiger partial charge in [-0.2, -0.15) is 0 Å². The summed E-state index contributed by atoms with van der Waals surface area (Å²) >= 11 is 0. The highest BCUT2D eigenvalue weighted by molar-refractivity contribution is 5.99. The summed E-state index contributed by atoms with van der Waals surface area (Å²) in [7, 11) is 1.58. The molecule has 0 aliphatic carbocycles. The van der Waals surface area contributed by atoms with Crippen molar-refractivity contribution in [1.29, 1.82) is 0 Å². The second kappa shape index (κ2) is 9.07. The maximum atomic E-state index is 13.4. The molecule has 0 saturated heterocycles. The summed E-state index contributed by atoms with van der Waals surface area (Å²) in [5.74, 6) is 0.905. The Labute approximate surface area is 187 Å². The fourth-order valence-electron chi connectivity index (χ4n) is 4.15. The molecule has 1 aliphatic heterocycles. The highest BCUT2D eigenvalue weighted by Crippen LogP contribution is 2.36. The van der Waals surface area contributed by atoms with Crippen LogP contribution in [0.4, 0.5) is 0 Å². The molecule has 0 spiro atoms. The van der Waals surface area contributed by atoms with Crippen molar-refractivity contribution in [3.8, 4) is 11.5 Å². The summed E-state index contributed by atoms with van der Waals surface area (Å²) in [4.78, 5) is 26.0. The molecular formula is C26H29NO5. The average molecular weight is 436 g/mol. The van der Waals surface area contributed by atoms with Crippen molar-refractivity contribution < 1.29 is 18.7 Å². The van der Waals surface area contributed by atoms with Crippen LogP contribution in [0.25, 0.3) is 11.0 Å². The third kappa shape index (κ3) is 3.85. The first-order valence-corrected chi connectivity index (χ1v) is 11.1. The number of carbonyl (C=O) groups is 1. The number of hydrogen-bond acceptors (Lipinski definition) is 5. The van der Waals surface area contributed by atoms with E-state index in [4.69, 9.17) is 13.9 Å². The van der Waals surface area contributed by atoms with E-state index < -0.39 is 6.04 Å². The normalized spacial score (nSPS) is 15.0. The first kappa shape index (κ1) is 21.9. The van der Waals surface area contributed by atoms with Gasteiger partial charge in [-0.1, -0.05) is 38.3 Å². The third-order valence-corrected chi connectivity index (χ3v) is 6.16. The molecule has 2 heterocycles. The molecule has 0 fully saturated rings. The van der Waals surface area contributed by atoms with E-state index in [-0.39, 0.29) is 17.1 Å². The van der Waals surface area contributed by atoms with Crippen LogP contribution in [0.5, 0.6) is 11.5 Å². The maximum absolute atomic E-state index is 13.4. The molecule has 6 nitrogen and oxygen atoms in total. The van der Waals surface area contributed by atoms with E-state index in [9.17, 15) is 9.59 Å². The molecule has 1 amide bonds. The van der Waals surface area contributed by atoms with E-state index >= 15 is 0 Å². The van der Waals surface area contributed by atoms with Crippen molar-refractivity contribution in [2.75, 3.05) is 13.7 Å². The van der Waals surface area contributed by atoms with Crippen molar-refractivity contribution in [3.63, 3.8) is 0 Å². The number of nitrogens with one attached hydrogen (secondary N) is 1. The van der Waals surface area contributed by atoms with E-state index in [1.54, 1.807) is 13.2 Å². The van der Waals surface area contributed by atoms with E-state index in [0.717, 1.165) is 29.5 Å². The molecule has 0 saturated carbocycles. The molecule has 0 radical (unpaired) electrons. The number of ether oxygens (including phenoxy) is 2. The van der Waals surface area contributed by atoms with Gasteiger partial charge in [0.25, 0.3) is 5.91 Å². The zero-order valence-electron chi connectivity index (χ0n) is 19.0. The Morgan fingerprint density at radius 3 is 2.59 bits per heavy atom. The van der Waals surface area contributed by atoms with Gasteiger partial charge in [0.05, 0.1) is 30.7 Å².